The molecule has 0 aromatic carbocycles. The van der Waals surface area contributed by atoms with Crippen LogP contribution in [0.4, 0.5) is 4.79 Å². The zero-order valence-corrected chi connectivity index (χ0v) is 18.3. The number of nitrogens with two attached hydrogens (primary N) is 1. The Morgan fingerprint density at radius 2 is 1.71 bits per heavy atom. The maximum Gasteiger partial charge on any atom is 0.410 e. The first-order chi connectivity index (χ1) is 13.0. The summed E-state index contributed by atoms with van der Waals surface area (Å²) in [5.41, 5.74) is 5.46. The molecular weight excluding hydrogens is 358 g/mol. The third-order valence-electron chi connectivity index (χ3n) is 6.01. The lowest BCUT2D eigenvalue weighted by Gasteiger charge is -2.41. The predicted octanol–water partition coefficient (Wildman–Crippen LogP) is 2.82. The standard InChI is InChI=1S/C21H39N3O4/c1-6-27-17(25)20(5)9-7-16(8-10-20)23-15-21(22)11-13-24(14-12-21)18(26)28-19(2,3)4/h16,23H,6-15,22H2,1-5H3. The van der Waals surface area contributed by atoms with E-state index in [0.29, 0.717) is 25.7 Å². The number of piperidine rings is 1. The van der Waals surface area contributed by atoms with Crippen molar-refractivity contribution in [2.75, 3.05) is 26.2 Å². The van der Waals surface area contributed by atoms with E-state index in [2.05, 4.69) is 5.32 Å². The number of esters is 1. The third-order valence-corrected chi connectivity index (χ3v) is 6.01. The first-order valence-corrected chi connectivity index (χ1v) is 10.6. The Kier molecular flexibility index (Phi) is 7.37. The van der Waals surface area contributed by atoms with Gasteiger partial charge in [-0.15, -0.1) is 0 Å². The lowest BCUT2D eigenvalue weighted by Crippen LogP contribution is -2.58. The molecule has 3 N–H and O–H groups in total. The average Bonchev–Trinajstić information content (AvgIpc) is 2.60. The van der Waals surface area contributed by atoms with Crippen LogP contribution in [-0.4, -0.2) is 60.4 Å². The van der Waals surface area contributed by atoms with Crippen LogP contribution in [0.2, 0.25) is 0 Å². The van der Waals surface area contributed by atoms with E-state index in [0.717, 1.165) is 45.1 Å². The van der Waals surface area contributed by atoms with Crippen molar-refractivity contribution >= 4 is 12.1 Å². The predicted molar refractivity (Wildman–Crippen MR) is 109 cm³/mol. The molecular formula is C21H39N3O4. The first-order valence-electron chi connectivity index (χ1n) is 10.6. The number of nitrogens with zero attached hydrogens (tertiary/aromatic N) is 1. The molecule has 1 amide bonds. The average molecular weight is 398 g/mol. The van der Waals surface area contributed by atoms with E-state index in [1.165, 1.54) is 0 Å². The van der Waals surface area contributed by atoms with Gasteiger partial charge >= 0.3 is 12.1 Å². The quantitative estimate of drug-likeness (QED) is 0.693. The molecule has 2 rings (SSSR count). The topological polar surface area (TPSA) is 93.9 Å². The Balaban J connectivity index is 1.74. The fraction of sp³-hybridized carbons (Fsp3) is 0.905. The molecule has 7 heteroatoms. The largest absolute Gasteiger partial charge is 0.466 e. The number of rotatable bonds is 5. The smallest absolute Gasteiger partial charge is 0.410 e. The lowest BCUT2D eigenvalue weighted by atomic mass is 9.74. The fourth-order valence-electron chi connectivity index (χ4n) is 3.95. The fourth-order valence-corrected chi connectivity index (χ4v) is 3.95. The summed E-state index contributed by atoms with van der Waals surface area (Å²) in [6.07, 6.45) is 4.85. The second-order valence-corrected chi connectivity index (χ2v) is 9.77. The minimum atomic E-state index is -0.477. The van der Waals surface area contributed by atoms with Crippen molar-refractivity contribution in [3.05, 3.63) is 0 Å². The molecule has 162 valence electrons. The van der Waals surface area contributed by atoms with Crippen LogP contribution in [0, 0.1) is 5.41 Å². The Hall–Kier alpha value is -1.34. The minimum absolute atomic E-state index is 0.0711. The zero-order valence-electron chi connectivity index (χ0n) is 18.3. The molecule has 0 spiro atoms. The highest BCUT2D eigenvalue weighted by molar-refractivity contribution is 5.76. The Morgan fingerprint density at radius 3 is 2.21 bits per heavy atom. The second-order valence-electron chi connectivity index (χ2n) is 9.77. The van der Waals surface area contributed by atoms with Crippen LogP contribution in [-0.2, 0) is 14.3 Å². The molecule has 7 nitrogen and oxygen atoms in total. The van der Waals surface area contributed by atoms with Crippen LogP contribution in [0.25, 0.3) is 0 Å². The molecule has 28 heavy (non-hydrogen) atoms. The highest BCUT2D eigenvalue weighted by atomic mass is 16.6. The van der Waals surface area contributed by atoms with Gasteiger partial charge in [0.15, 0.2) is 0 Å². The minimum Gasteiger partial charge on any atom is -0.466 e. The summed E-state index contributed by atoms with van der Waals surface area (Å²) in [5, 5.41) is 3.61. The monoisotopic (exact) mass is 397 g/mol. The Morgan fingerprint density at radius 1 is 1.14 bits per heavy atom. The van der Waals surface area contributed by atoms with Gasteiger partial charge in [-0.1, -0.05) is 0 Å². The summed E-state index contributed by atoms with van der Waals surface area (Å²) in [4.78, 5) is 26.1. The third kappa shape index (κ3) is 6.34. The second kappa shape index (κ2) is 8.99. The van der Waals surface area contributed by atoms with Gasteiger partial charge in [0.25, 0.3) is 0 Å². The van der Waals surface area contributed by atoms with Crippen LogP contribution < -0.4 is 11.1 Å². The van der Waals surface area contributed by atoms with Gasteiger partial charge in [0.1, 0.15) is 5.60 Å². The molecule has 1 saturated heterocycles. The number of hydrogen-bond donors (Lipinski definition) is 2. The van der Waals surface area contributed by atoms with E-state index >= 15 is 0 Å². The lowest BCUT2D eigenvalue weighted by molar-refractivity contribution is -0.156. The van der Waals surface area contributed by atoms with Crippen LogP contribution in [0.15, 0.2) is 0 Å². The van der Waals surface area contributed by atoms with Crippen molar-refractivity contribution < 1.29 is 19.1 Å². The number of likely N-dealkylation sites (tertiary alicyclic amines) is 1. The SMILES string of the molecule is CCOC(=O)C1(C)CCC(NCC2(N)CCN(C(=O)OC(C)(C)C)CC2)CC1. The zero-order chi connectivity index (χ0) is 21.0. The number of carbonyl (C=O) groups excluding carboxylic acids is 2. The van der Waals surface area contributed by atoms with Crippen molar-refractivity contribution in [3.63, 3.8) is 0 Å². The number of amides is 1. The Bertz CT molecular complexity index is 542. The van der Waals surface area contributed by atoms with Crippen molar-refractivity contribution in [1.29, 1.82) is 0 Å². The highest BCUT2D eigenvalue weighted by Crippen LogP contribution is 2.37. The van der Waals surface area contributed by atoms with Crippen LogP contribution in [0.3, 0.4) is 0 Å². The number of ether oxygens (including phenoxy) is 2. The molecule has 1 aliphatic heterocycles. The van der Waals surface area contributed by atoms with Crippen molar-refractivity contribution in [2.45, 2.75) is 90.3 Å². The molecule has 0 aromatic rings. The van der Waals surface area contributed by atoms with E-state index in [9.17, 15) is 9.59 Å². The number of nitrogens with one attached hydrogen (secondary N) is 1. The van der Waals surface area contributed by atoms with Gasteiger partial charge in [0, 0.05) is 31.2 Å². The Labute approximate surface area is 169 Å². The van der Waals surface area contributed by atoms with Gasteiger partial charge in [-0.05, 0) is 73.1 Å². The van der Waals surface area contributed by atoms with Gasteiger partial charge in [0.05, 0.1) is 12.0 Å². The van der Waals surface area contributed by atoms with Gasteiger partial charge in [-0.25, -0.2) is 4.79 Å². The number of hydrogen-bond acceptors (Lipinski definition) is 6. The van der Waals surface area contributed by atoms with E-state index in [-0.39, 0.29) is 23.0 Å². The van der Waals surface area contributed by atoms with Crippen LogP contribution in [0.1, 0.15) is 73.1 Å². The first kappa shape index (κ1) is 22.9. The molecule has 0 aromatic heterocycles. The van der Waals surface area contributed by atoms with Crippen molar-refractivity contribution in [3.8, 4) is 0 Å². The van der Waals surface area contributed by atoms with Crippen molar-refractivity contribution in [2.24, 2.45) is 11.1 Å². The summed E-state index contributed by atoms with van der Waals surface area (Å²) in [5.74, 6) is -0.0711. The summed E-state index contributed by atoms with van der Waals surface area (Å²) in [7, 11) is 0. The normalized spacial score (nSPS) is 27.9. The van der Waals surface area contributed by atoms with Crippen LogP contribution >= 0.6 is 0 Å². The summed E-state index contributed by atoms with van der Waals surface area (Å²) in [6, 6.07) is 0.381. The molecule has 1 saturated carbocycles. The summed E-state index contributed by atoms with van der Waals surface area (Å²) >= 11 is 0. The molecule has 2 aliphatic rings. The van der Waals surface area contributed by atoms with Crippen molar-refractivity contribution in [1.82, 2.24) is 10.2 Å². The van der Waals surface area contributed by atoms with E-state index in [1.54, 1.807) is 4.90 Å². The highest BCUT2D eigenvalue weighted by Gasteiger charge is 2.40. The van der Waals surface area contributed by atoms with Gasteiger partial charge in [-0.3, -0.25) is 4.79 Å². The molecule has 0 radical (unpaired) electrons. The van der Waals surface area contributed by atoms with Gasteiger partial charge in [0.2, 0.25) is 0 Å². The van der Waals surface area contributed by atoms with Gasteiger partial charge < -0.3 is 25.4 Å². The van der Waals surface area contributed by atoms with E-state index in [4.69, 9.17) is 15.2 Å². The summed E-state index contributed by atoms with van der Waals surface area (Å²) in [6.45, 7) is 11.9. The molecule has 1 aliphatic carbocycles. The molecule has 1 heterocycles. The van der Waals surface area contributed by atoms with E-state index in [1.807, 2.05) is 34.6 Å². The van der Waals surface area contributed by atoms with E-state index < -0.39 is 5.60 Å². The molecule has 0 bridgehead atoms. The maximum atomic E-state index is 12.2. The van der Waals surface area contributed by atoms with Crippen LogP contribution in [0.5, 0.6) is 0 Å². The molecule has 0 unspecified atom stereocenters. The molecule has 2 fully saturated rings. The summed E-state index contributed by atoms with van der Waals surface area (Å²) < 4.78 is 10.7. The number of carbonyl (C=O) groups is 2. The maximum absolute atomic E-state index is 12.2. The molecule has 0 atom stereocenters. The van der Waals surface area contributed by atoms with Gasteiger partial charge in [-0.2, -0.15) is 0 Å².